The van der Waals surface area contributed by atoms with Gasteiger partial charge in [0.25, 0.3) is 0 Å². The summed E-state index contributed by atoms with van der Waals surface area (Å²) in [5.74, 6) is 0.524. The van der Waals surface area contributed by atoms with Crippen molar-refractivity contribution in [3.8, 4) is 0 Å². The standard InChI is InChI=1S/C17H25ClFN/c1-2-10-20-15(11-13-6-3-4-7-13)12-14-8-5-9-16(19)17(14)18/h5,8-9,13,15,20H,2-4,6-7,10-12H2,1H3. The molecule has 1 nitrogen and oxygen atoms in total. The van der Waals surface area contributed by atoms with Gasteiger partial charge in [-0.15, -0.1) is 0 Å². The van der Waals surface area contributed by atoms with Gasteiger partial charge < -0.3 is 5.32 Å². The highest BCUT2D eigenvalue weighted by Crippen LogP contribution is 2.30. The maximum atomic E-state index is 13.5. The van der Waals surface area contributed by atoms with Crippen LogP contribution in [0.1, 0.15) is 51.0 Å². The smallest absolute Gasteiger partial charge is 0.142 e. The van der Waals surface area contributed by atoms with E-state index in [2.05, 4.69) is 12.2 Å². The first-order valence-corrected chi connectivity index (χ1v) is 8.24. The summed E-state index contributed by atoms with van der Waals surface area (Å²) in [6, 6.07) is 5.54. The molecule has 0 amide bonds. The zero-order valence-corrected chi connectivity index (χ0v) is 13.1. The number of hydrogen-bond donors (Lipinski definition) is 1. The third-order valence-corrected chi connectivity index (χ3v) is 4.70. The molecule has 1 saturated carbocycles. The van der Waals surface area contributed by atoms with Gasteiger partial charge in [0.1, 0.15) is 5.82 Å². The summed E-state index contributed by atoms with van der Waals surface area (Å²) in [4.78, 5) is 0. The Kier molecular flexibility index (Phi) is 6.31. The van der Waals surface area contributed by atoms with Crippen molar-refractivity contribution in [2.45, 2.75) is 57.9 Å². The van der Waals surface area contributed by atoms with Crippen LogP contribution in [0.4, 0.5) is 4.39 Å². The van der Waals surface area contributed by atoms with Gasteiger partial charge in [-0.3, -0.25) is 0 Å². The molecule has 2 rings (SSSR count). The Hall–Kier alpha value is -0.600. The first kappa shape index (κ1) is 15.8. The molecule has 0 aliphatic heterocycles. The molecular weight excluding hydrogens is 273 g/mol. The van der Waals surface area contributed by atoms with E-state index < -0.39 is 0 Å². The van der Waals surface area contributed by atoms with Gasteiger partial charge in [-0.1, -0.05) is 56.3 Å². The fraction of sp³-hybridized carbons (Fsp3) is 0.647. The average molecular weight is 298 g/mol. The van der Waals surface area contributed by atoms with Crippen LogP contribution < -0.4 is 5.32 Å². The molecule has 1 fully saturated rings. The number of hydrogen-bond acceptors (Lipinski definition) is 1. The van der Waals surface area contributed by atoms with Gasteiger partial charge in [0.15, 0.2) is 0 Å². The van der Waals surface area contributed by atoms with Crippen LogP contribution in [0.15, 0.2) is 18.2 Å². The molecule has 3 heteroatoms. The molecule has 1 aromatic carbocycles. The van der Waals surface area contributed by atoms with Crippen molar-refractivity contribution in [3.05, 3.63) is 34.6 Å². The molecule has 0 spiro atoms. The Balaban J connectivity index is 1.99. The van der Waals surface area contributed by atoms with Crippen LogP contribution in [-0.4, -0.2) is 12.6 Å². The Morgan fingerprint density at radius 1 is 1.35 bits per heavy atom. The van der Waals surface area contributed by atoms with Crippen molar-refractivity contribution < 1.29 is 4.39 Å². The molecule has 1 atom stereocenters. The lowest BCUT2D eigenvalue weighted by Gasteiger charge is -2.22. The summed E-state index contributed by atoms with van der Waals surface area (Å²) in [7, 11) is 0. The molecule has 0 radical (unpaired) electrons. The van der Waals surface area contributed by atoms with Crippen LogP contribution >= 0.6 is 11.6 Å². The number of benzene rings is 1. The molecule has 0 aromatic heterocycles. The molecule has 112 valence electrons. The minimum Gasteiger partial charge on any atom is -0.314 e. The largest absolute Gasteiger partial charge is 0.314 e. The second kappa shape index (κ2) is 7.99. The van der Waals surface area contributed by atoms with Crippen molar-refractivity contribution in [2.75, 3.05) is 6.54 Å². The maximum absolute atomic E-state index is 13.5. The summed E-state index contributed by atoms with van der Waals surface area (Å²) < 4.78 is 13.5. The van der Waals surface area contributed by atoms with Crippen molar-refractivity contribution in [1.82, 2.24) is 5.32 Å². The number of nitrogens with one attached hydrogen (secondary N) is 1. The lowest BCUT2D eigenvalue weighted by Crippen LogP contribution is -2.33. The highest BCUT2D eigenvalue weighted by Gasteiger charge is 2.21. The molecule has 1 aliphatic carbocycles. The zero-order chi connectivity index (χ0) is 14.4. The number of rotatable bonds is 7. The third kappa shape index (κ3) is 4.46. The SMILES string of the molecule is CCCNC(Cc1cccc(F)c1Cl)CC1CCCC1. The normalized spacial score (nSPS) is 17.6. The summed E-state index contributed by atoms with van der Waals surface area (Å²) in [5.41, 5.74) is 0.929. The van der Waals surface area contributed by atoms with Crippen LogP contribution in [0, 0.1) is 11.7 Å². The topological polar surface area (TPSA) is 12.0 Å². The van der Waals surface area contributed by atoms with Crippen LogP contribution in [0.2, 0.25) is 5.02 Å². The monoisotopic (exact) mass is 297 g/mol. The predicted molar refractivity (Wildman–Crippen MR) is 83.8 cm³/mol. The van der Waals surface area contributed by atoms with Gasteiger partial charge in [-0.25, -0.2) is 4.39 Å². The molecule has 1 aliphatic rings. The lowest BCUT2D eigenvalue weighted by molar-refractivity contribution is 0.384. The predicted octanol–water partition coefficient (Wildman–Crippen LogP) is 4.97. The molecule has 0 heterocycles. The van der Waals surface area contributed by atoms with Gasteiger partial charge >= 0.3 is 0 Å². The summed E-state index contributed by atoms with van der Waals surface area (Å²) >= 11 is 6.09. The first-order valence-electron chi connectivity index (χ1n) is 7.87. The van der Waals surface area contributed by atoms with Crippen LogP contribution in [0.5, 0.6) is 0 Å². The van der Waals surface area contributed by atoms with Gasteiger partial charge in [-0.05, 0) is 43.4 Å². The number of halogens is 2. The fourth-order valence-electron chi connectivity index (χ4n) is 3.21. The second-order valence-electron chi connectivity index (χ2n) is 5.95. The van der Waals surface area contributed by atoms with Gasteiger partial charge in [-0.2, -0.15) is 0 Å². The Morgan fingerprint density at radius 2 is 2.10 bits per heavy atom. The zero-order valence-electron chi connectivity index (χ0n) is 12.3. The van der Waals surface area contributed by atoms with E-state index in [4.69, 9.17) is 11.6 Å². The highest BCUT2D eigenvalue weighted by atomic mass is 35.5. The maximum Gasteiger partial charge on any atom is 0.142 e. The Morgan fingerprint density at radius 3 is 2.80 bits per heavy atom. The minimum atomic E-state index is -0.306. The van der Waals surface area contributed by atoms with Crippen LogP contribution in [0.3, 0.4) is 0 Å². The van der Waals surface area contributed by atoms with Crippen molar-refractivity contribution >= 4 is 11.6 Å². The Labute approximate surface area is 126 Å². The fourth-order valence-corrected chi connectivity index (χ4v) is 3.41. The van der Waals surface area contributed by atoms with E-state index in [9.17, 15) is 4.39 Å². The van der Waals surface area contributed by atoms with E-state index in [-0.39, 0.29) is 5.82 Å². The van der Waals surface area contributed by atoms with Gasteiger partial charge in [0.2, 0.25) is 0 Å². The van der Waals surface area contributed by atoms with E-state index >= 15 is 0 Å². The third-order valence-electron chi connectivity index (χ3n) is 4.27. The molecule has 0 bridgehead atoms. The summed E-state index contributed by atoms with van der Waals surface area (Å²) in [5, 5.41) is 3.90. The van der Waals surface area contributed by atoms with Crippen LogP contribution in [-0.2, 0) is 6.42 Å². The highest BCUT2D eigenvalue weighted by molar-refractivity contribution is 6.31. The quantitative estimate of drug-likeness (QED) is 0.749. The summed E-state index contributed by atoms with van der Waals surface area (Å²) in [6.45, 7) is 3.19. The van der Waals surface area contributed by atoms with Gasteiger partial charge in [0.05, 0.1) is 5.02 Å². The van der Waals surface area contributed by atoms with Crippen molar-refractivity contribution in [1.29, 1.82) is 0 Å². The van der Waals surface area contributed by atoms with E-state index in [0.717, 1.165) is 30.9 Å². The van der Waals surface area contributed by atoms with Crippen molar-refractivity contribution in [2.24, 2.45) is 5.92 Å². The average Bonchev–Trinajstić information content (AvgIpc) is 2.94. The lowest BCUT2D eigenvalue weighted by atomic mass is 9.93. The second-order valence-corrected chi connectivity index (χ2v) is 6.33. The van der Waals surface area contributed by atoms with E-state index in [1.54, 1.807) is 6.07 Å². The minimum absolute atomic E-state index is 0.294. The van der Waals surface area contributed by atoms with Crippen LogP contribution in [0.25, 0.3) is 0 Å². The van der Waals surface area contributed by atoms with E-state index in [1.165, 1.54) is 38.2 Å². The van der Waals surface area contributed by atoms with Gasteiger partial charge in [0, 0.05) is 6.04 Å². The molecule has 1 unspecified atom stereocenters. The summed E-state index contributed by atoms with van der Waals surface area (Å²) in [6.07, 6.45) is 8.57. The van der Waals surface area contributed by atoms with E-state index in [1.807, 2.05) is 6.07 Å². The molecule has 0 saturated heterocycles. The molecule has 1 aromatic rings. The first-order chi connectivity index (χ1) is 9.70. The molecule has 20 heavy (non-hydrogen) atoms. The molecule has 1 N–H and O–H groups in total. The molecular formula is C17H25ClFN. The van der Waals surface area contributed by atoms with E-state index in [0.29, 0.717) is 11.1 Å². The Bertz CT molecular complexity index is 415. The van der Waals surface area contributed by atoms with Crippen molar-refractivity contribution in [3.63, 3.8) is 0 Å².